The van der Waals surface area contributed by atoms with Crippen molar-refractivity contribution < 1.29 is 4.79 Å². The molecule has 0 saturated carbocycles. The molecule has 3 heteroatoms. The van der Waals surface area contributed by atoms with Gasteiger partial charge in [0.2, 0.25) is 5.91 Å². The third kappa shape index (κ3) is 4.51. The summed E-state index contributed by atoms with van der Waals surface area (Å²) in [4.78, 5) is 11.2. The summed E-state index contributed by atoms with van der Waals surface area (Å²) in [6, 6.07) is 0.226. The average Bonchev–Trinajstić information content (AvgIpc) is 2.06. The number of halogens is 1. The van der Waals surface area contributed by atoms with E-state index in [0.717, 1.165) is 12.8 Å². The zero-order chi connectivity index (χ0) is 10.4. The van der Waals surface area contributed by atoms with E-state index < -0.39 is 5.38 Å². The minimum atomic E-state index is -0.434. The second-order valence-electron chi connectivity index (χ2n) is 3.49. The Balaban J connectivity index is 3.97. The van der Waals surface area contributed by atoms with Crippen molar-refractivity contribution in [2.75, 3.05) is 0 Å². The average molecular weight is 206 g/mol. The first kappa shape index (κ1) is 12.8. The molecule has 13 heavy (non-hydrogen) atoms. The quantitative estimate of drug-likeness (QED) is 0.687. The van der Waals surface area contributed by atoms with Crippen molar-refractivity contribution in [3.05, 3.63) is 0 Å². The van der Waals surface area contributed by atoms with E-state index in [1.165, 1.54) is 0 Å². The van der Waals surface area contributed by atoms with Gasteiger partial charge < -0.3 is 5.32 Å². The molecule has 2 atom stereocenters. The normalized spacial score (nSPS) is 15.5. The van der Waals surface area contributed by atoms with Gasteiger partial charge in [0.05, 0.1) is 0 Å². The molecule has 2 unspecified atom stereocenters. The maximum atomic E-state index is 11.2. The Bertz CT molecular complexity index is 155. The predicted molar refractivity (Wildman–Crippen MR) is 57.0 cm³/mol. The van der Waals surface area contributed by atoms with Gasteiger partial charge >= 0.3 is 0 Å². The van der Waals surface area contributed by atoms with Crippen molar-refractivity contribution >= 4 is 17.5 Å². The highest BCUT2D eigenvalue weighted by molar-refractivity contribution is 6.30. The molecule has 0 bridgehead atoms. The molecule has 1 amide bonds. The first-order valence-electron chi connectivity index (χ1n) is 4.97. The van der Waals surface area contributed by atoms with Crippen LogP contribution >= 0.6 is 11.6 Å². The summed E-state index contributed by atoms with van der Waals surface area (Å²) in [5, 5.41) is 2.48. The number of nitrogens with one attached hydrogen (secondary N) is 1. The Hall–Kier alpha value is -0.240. The molecule has 2 nitrogen and oxygen atoms in total. The zero-order valence-electron chi connectivity index (χ0n) is 8.93. The highest BCUT2D eigenvalue weighted by Crippen LogP contribution is 2.12. The molecule has 78 valence electrons. The fourth-order valence-electron chi connectivity index (χ4n) is 1.45. The van der Waals surface area contributed by atoms with Gasteiger partial charge in [-0.15, -0.1) is 11.6 Å². The summed E-state index contributed by atoms with van der Waals surface area (Å²) in [5.74, 6) is 0.487. The Kier molecular flexibility index (Phi) is 6.13. The Morgan fingerprint density at radius 1 is 1.31 bits per heavy atom. The van der Waals surface area contributed by atoms with E-state index >= 15 is 0 Å². The number of amides is 1. The number of hydrogen-bond donors (Lipinski definition) is 1. The van der Waals surface area contributed by atoms with Crippen molar-refractivity contribution in [2.45, 2.75) is 52.0 Å². The Morgan fingerprint density at radius 2 is 1.77 bits per heavy atom. The topological polar surface area (TPSA) is 29.1 Å². The predicted octanol–water partition coefficient (Wildman–Crippen LogP) is 2.55. The lowest BCUT2D eigenvalue weighted by atomic mass is 9.95. The Labute approximate surface area is 86.0 Å². The molecule has 0 heterocycles. The lowest BCUT2D eigenvalue weighted by Gasteiger charge is -2.22. The molecule has 0 aromatic rings. The van der Waals surface area contributed by atoms with Crippen molar-refractivity contribution in [1.82, 2.24) is 5.32 Å². The van der Waals surface area contributed by atoms with Crippen LogP contribution in [0.25, 0.3) is 0 Å². The van der Waals surface area contributed by atoms with Crippen LogP contribution in [0.15, 0.2) is 0 Å². The van der Waals surface area contributed by atoms with Crippen LogP contribution in [0.5, 0.6) is 0 Å². The van der Waals surface area contributed by atoms with Gasteiger partial charge in [0.15, 0.2) is 0 Å². The summed E-state index contributed by atoms with van der Waals surface area (Å²) >= 11 is 5.65. The SMILES string of the molecule is CCC(CC)C(C)NC(=O)C(C)Cl. The molecule has 0 saturated heterocycles. The summed E-state index contributed by atoms with van der Waals surface area (Å²) in [6.07, 6.45) is 2.18. The smallest absolute Gasteiger partial charge is 0.237 e. The highest BCUT2D eigenvalue weighted by Gasteiger charge is 2.17. The minimum Gasteiger partial charge on any atom is -0.352 e. The summed E-state index contributed by atoms with van der Waals surface area (Å²) in [5.41, 5.74) is 0. The van der Waals surface area contributed by atoms with Gasteiger partial charge in [-0.1, -0.05) is 26.7 Å². The molecular weight excluding hydrogens is 186 g/mol. The van der Waals surface area contributed by atoms with Crippen molar-refractivity contribution in [2.24, 2.45) is 5.92 Å². The van der Waals surface area contributed by atoms with Crippen LogP contribution in [0, 0.1) is 5.92 Å². The van der Waals surface area contributed by atoms with E-state index in [1.807, 2.05) is 6.92 Å². The molecule has 0 aliphatic heterocycles. The third-order valence-electron chi connectivity index (χ3n) is 2.49. The van der Waals surface area contributed by atoms with E-state index in [9.17, 15) is 4.79 Å². The maximum absolute atomic E-state index is 11.2. The molecule has 1 N–H and O–H groups in total. The van der Waals surface area contributed by atoms with E-state index in [2.05, 4.69) is 19.2 Å². The van der Waals surface area contributed by atoms with Gasteiger partial charge in [-0.25, -0.2) is 0 Å². The molecule has 0 aromatic heterocycles. The van der Waals surface area contributed by atoms with Gasteiger partial charge in [0, 0.05) is 6.04 Å². The van der Waals surface area contributed by atoms with Crippen LogP contribution in [-0.4, -0.2) is 17.3 Å². The molecule has 0 aliphatic rings. The number of rotatable bonds is 5. The van der Waals surface area contributed by atoms with Gasteiger partial charge in [-0.05, 0) is 19.8 Å². The lowest BCUT2D eigenvalue weighted by molar-refractivity contribution is -0.121. The van der Waals surface area contributed by atoms with E-state index in [4.69, 9.17) is 11.6 Å². The van der Waals surface area contributed by atoms with Crippen LogP contribution in [-0.2, 0) is 4.79 Å². The van der Waals surface area contributed by atoms with Gasteiger partial charge in [-0.2, -0.15) is 0 Å². The molecule has 0 aromatic carbocycles. The number of alkyl halides is 1. The third-order valence-corrected chi connectivity index (χ3v) is 2.69. The van der Waals surface area contributed by atoms with Crippen molar-refractivity contribution in [3.63, 3.8) is 0 Å². The Morgan fingerprint density at radius 3 is 2.08 bits per heavy atom. The summed E-state index contributed by atoms with van der Waals surface area (Å²) in [7, 11) is 0. The first-order valence-corrected chi connectivity index (χ1v) is 5.40. The van der Waals surface area contributed by atoms with E-state index in [1.54, 1.807) is 6.92 Å². The fraction of sp³-hybridized carbons (Fsp3) is 0.900. The largest absolute Gasteiger partial charge is 0.352 e. The fourth-order valence-corrected chi connectivity index (χ4v) is 1.52. The van der Waals surface area contributed by atoms with E-state index in [0.29, 0.717) is 5.92 Å². The second kappa shape index (κ2) is 6.25. The molecule has 0 radical (unpaired) electrons. The van der Waals surface area contributed by atoms with E-state index in [-0.39, 0.29) is 11.9 Å². The van der Waals surface area contributed by atoms with Crippen molar-refractivity contribution in [3.8, 4) is 0 Å². The second-order valence-corrected chi connectivity index (χ2v) is 4.14. The molecule has 0 spiro atoms. The van der Waals surface area contributed by atoms with Gasteiger partial charge in [0.1, 0.15) is 5.38 Å². The van der Waals surface area contributed by atoms with Crippen LogP contribution in [0.2, 0.25) is 0 Å². The number of carbonyl (C=O) groups excluding carboxylic acids is 1. The highest BCUT2D eigenvalue weighted by atomic mass is 35.5. The van der Waals surface area contributed by atoms with Gasteiger partial charge in [-0.3, -0.25) is 4.79 Å². The van der Waals surface area contributed by atoms with Gasteiger partial charge in [0.25, 0.3) is 0 Å². The van der Waals surface area contributed by atoms with Crippen LogP contribution < -0.4 is 5.32 Å². The molecular formula is C10H20ClNO. The zero-order valence-corrected chi connectivity index (χ0v) is 9.69. The lowest BCUT2D eigenvalue weighted by Crippen LogP contribution is -2.40. The first-order chi connectivity index (χ1) is 6.02. The number of carbonyl (C=O) groups is 1. The molecule has 0 aliphatic carbocycles. The molecule has 0 fully saturated rings. The standard InChI is InChI=1S/C10H20ClNO/c1-5-9(6-2)8(4)12-10(13)7(3)11/h7-9H,5-6H2,1-4H3,(H,12,13). The van der Waals surface area contributed by atoms with Crippen LogP contribution in [0.4, 0.5) is 0 Å². The molecule has 0 rings (SSSR count). The monoisotopic (exact) mass is 205 g/mol. The minimum absolute atomic E-state index is 0.0685. The van der Waals surface area contributed by atoms with Crippen molar-refractivity contribution in [1.29, 1.82) is 0 Å². The van der Waals surface area contributed by atoms with Crippen LogP contribution in [0.1, 0.15) is 40.5 Å². The number of hydrogen-bond acceptors (Lipinski definition) is 1. The maximum Gasteiger partial charge on any atom is 0.237 e. The summed E-state index contributed by atoms with van der Waals surface area (Å²) < 4.78 is 0. The van der Waals surface area contributed by atoms with Crippen LogP contribution in [0.3, 0.4) is 0 Å². The summed E-state index contributed by atoms with van der Waals surface area (Å²) in [6.45, 7) is 8.01.